The van der Waals surface area contributed by atoms with Crippen molar-refractivity contribution >= 4 is 23.2 Å². The van der Waals surface area contributed by atoms with E-state index in [0.29, 0.717) is 15.6 Å². The Morgan fingerprint density at radius 1 is 1.11 bits per heavy atom. The normalized spacial score (nSPS) is 10.0. The maximum absolute atomic E-state index is 13.4. The number of benzene rings is 2. The van der Waals surface area contributed by atoms with Gasteiger partial charge in [-0.25, -0.2) is 4.39 Å². The van der Waals surface area contributed by atoms with Gasteiger partial charge in [-0.3, -0.25) is 0 Å². The van der Waals surface area contributed by atoms with Crippen LogP contribution >= 0.6 is 23.2 Å². The van der Waals surface area contributed by atoms with Crippen LogP contribution in [0.15, 0.2) is 36.4 Å². The Labute approximate surface area is 119 Å². The SMILES string of the molecule is N#Cc1c(F)cccc1OCc1c(Cl)cccc1Cl. The number of halogens is 3. The largest absolute Gasteiger partial charge is 0.487 e. The van der Waals surface area contributed by atoms with E-state index in [9.17, 15) is 4.39 Å². The molecular formula is C14H8Cl2FNO. The van der Waals surface area contributed by atoms with Gasteiger partial charge in [0.25, 0.3) is 0 Å². The molecule has 0 bridgehead atoms. The molecule has 0 heterocycles. The van der Waals surface area contributed by atoms with E-state index in [1.165, 1.54) is 18.2 Å². The number of nitrogens with zero attached hydrogens (tertiary/aromatic N) is 1. The second-order valence-electron chi connectivity index (χ2n) is 3.71. The predicted molar refractivity (Wildman–Crippen MR) is 71.9 cm³/mol. The summed E-state index contributed by atoms with van der Waals surface area (Å²) in [6.07, 6.45) is 0. The Kier molecular flexibility index (Phi) is 4.26. The smallest absolute Gasteiger partial charge is 0.144 e. The van der Waals surface area contributed by atoms with Crippen molar-refractivity contribution in [3.63, 3.8) is 0 Å². The van der Waals surface area contributed by atoms with Gasteiger partial charge in [0.05, 0.1) is 0 Å². The number of nitriles is 1. The summed E-state index contributed by atoms with van der Waals surface area (Å²) in [4.78, 5) is 0. The van der Waals surface area contributed by atoms with Crippen molar-refractivity contribution in [3.05, 3.63) is 63.4 Å². The van der Waals surface area contributed by atoms with E-state index in [1.807, 2.05) is 0 Å². The summed E-state index contributed by atoms with van der Waals surface area (Å²) in [6.45, 7) is 0.0661. The first kappa shape index (κ1) is 13.7. The van der Waals surface area contributed by atoms with Crippen molar-refractivity contribution in [1.82, 2.24) is 0 Å². The van der Waals surface area contributed by atoms with Gasteiger partial charge in [0, 0.05) is 15.6 Å². The van der Waals surface area contributed by atoms with Crippen molar-refractivity contribution in [1.29, 1.82) is 5.26 Å². The molecule has 0 amide bonds. The number of hydrogen-bond acceptors (Lipinski definition) is 2. The summed E-state index contributed by atoms with van der Waals surface area (Å²) in [7, 11) is 0. The molecule has 2 nitrogen and oxygen atoms in total. The van der Waals surface area contributed by atoms with E-state index in [4.69, 9.17) is 33.2 Å². The van der Waals surface area contributed by atoms with E-state index >= 15 is 0 Å². The lowest BCUT2D eigenvalue weighted by Gasteiger charge is -2.10. The summed E-state index contributed by atoms with van der Waals surface area (Å²) in [5.41, 5.74) is 0.463. The fourth-order valence-electron chi connectivity index (χ4n) is 1.55. The Bertz CT molecular complexity index is 632. The van der Waals surface area contributed by atoms with E-state index in [-0.39, 0.29) is 17.9 Å². The molecule has 0 radical (unpaired) electrons. The van der Waals surface area contributed by atoms with E-state index in [0.717, 1.165) is 0 Å². The van der Waals surface area contributed by atoms with Gasteiger partial charge < -0.3 is 4.74 Å². The van der Waals surface area contributed by atoms with Gasteiger partial charge in [-0.2, -0.15) is 5.26 Å². The molecule has 0 saturated heterocycles. The quantitative estimate of drug-likeness (QED) is 0.830. The molecule has 0 unspecified atom stereocenters. The molecule has 0 spiro atoms. The molecule has 0 aliphatic rings. The third kappa shape index (κ3) is 2.98. The number of rotatable bonds is 3. The molecule has 0 N–H and O–H groups in total. The first-order chi connectivity index (χ1) is 9.13. The molecule has 0 atom stereocenters. The summed E-state index contributed by atoms with van der Waals surface area (Å²) >= 11 is 12.0. The number of hydrogen-bond donors (Lipinski definition) is 0. The molecule has 5 heteroatoms. The maximum atomic E-state index is 13.4. The molecule has 0 aliphatic carbocycles. The standard InChI is InChI=1S/C14H8Cl2FNO/c15-11-3-1-4-12(16)10(11)8-19-14-6-2-5-13(17)9(14)7-18/h1-6H,8H2. The zero-order valence-electron chi connectivity index (χ0n) is 9.66. The lowest BCUT2D eigenvalue weighted by atomic mass is 10.2. The van der Waals surface area contributed by atoms with Gasteiger partial charge in [-0.15, -0.1) is 0 Å². The van der Waals surface area contributed by atoms with Crippen molar-refractivity contribution in [2.45, 2.75) is 6.61 Å². The predicted octanol–water partition coefficient (Wildman–Crippen LogP) is 4.58. The molecule has 0 aliphatic heterocycles. The minimum absolute atomic E-state index is 0.0661. The fraction of sp³-hybridized carbons (Fsp3) is 0.0714. The van der Waals surface area contributed by atoms with E-state index in [1.54, 1.807) is 24.3 Å². The van der Waals surface area contributed by atoms with Crippen LogP contribution in [0.25, 0.3) is 0 Å². The average molecular weight is 296 g/mol. The minimum Gasteiger partial charge on any atom is -0.487 e. The molecular weight excluding hydrogens is 288 g/mol. The van der Waals surface area contributed by atoms with Crippen molar-refractivity contribution in [3.8, 4) is 11.8 Å². The minimum atomic E-state index is -0.620. The van der Waals surface area contributed by atoms with Gasteiger partial charge in [-0.05, 0) is 24.3 Å². The van der Waals surface area contributed by atoms with Crippen LogP contribution in [-0.2, 0) is 6.61 Å². The summed E-state index contributed by atoms with van der Waals surface area (Å²) in [6, 6.07) is 11.0. The number of ether oxygens (including phenoxy) is 1. The van der Waals surface area contributed by atoms with E-state index in [2.05, 4.69) is 0 Å². The maximum Gasteiger partial charge on any atom is 0.144 e. The highest BCUT2D eigenvalue weighted by Gasteiger charge is 2.11. The van der Waals surface area contributed by atoms with Crippen molar-refractivity contribution < 1.29 is 9.13 Å². The van der Waals surface area contributed by atoms with Crippen LogP contribution in [0, 0.1) is 17.1 Å². The third-order valence-electron chi connectivity index (χ3n) is 2.52. The van der Waals surface area contributed by atoms with Gasteiger partial charge >= 0.3 is 0 Å². The highest BCUT2D eigenvalue weighted by molar-refractivity contribution is 6.35. The lowest BCUT2D eigenvalue weighted by molar-refractivity contribution is 0.303. The Balaban J connectivity index is 2.25. The van der Waals surface area contributed by atoms with Crippen LogP contribution < -0.4 is 4.74 Å². The highest BCUT2D eigenvalue weighted by Crippen LogP contribution is 2.27. The third-order valence-corrected chi connectivity index (χ3v) is 3.23. The second kappa shape index (κ2) is 5.92. The molecule has 2 rings (SSSR count). The van der Waals surface area contributed by atoms with Crippen LogP contribution in [0.5, 0.6) is 5.75 Å². The van der Waals surface area contributed by atoms with Crippen molar-refractivity contribution in [2.24, 2.45) is 0 Å². The second-order valence-corrected chi connectivity index (χ2v) is 4.53. The molecule has 0 fully saturated rings. The molecule has 2 aromatic rings. The summed E-state index contributed by atoms with van der Waals surface area (Å²) in [5, 5.41) is 9.80. The Morgan fingerprint density at radius 3 is 2.37 bits per heavy atom. The molecule has 0 saturated carbocycles. The van der Waals surface area contributed by atoms with Crippen LogP contribution in [0.3, 0.4) is 0 Å². The van der Waals surface area contributed by atoms with Gasteiger partial charge in [0.2, 0.25) is 0 Å². The summed E-state index contributed by atoms with van der Waals surface area (Å²) in [5.74, 6) is -0.455. The highest BCUT2D eigenvalue weighted by atomic mass is 35.5. The van der Waals surface area contributed by atoms with Crippen LogP contribution in [0.1, 0.15) is 11.1 Å². The van der Waals surface area contributed by atoms with Crippen LogP contribution in [-0.4, -0.2) is 0 Å². The van der Waals surface area contributed by atoms with Gasteiger partial charge in [0.1, 0.15) is 29.8 Å². The zero-order chi connectivity index (χ0) is 13.8. The Hall–Kier alpha value is -1.76. The van der Waals surface area contributed by atoms with Gasteiger partial charge in [0.15, 0.2) is 0 Å². The van der Waals surface area contributed by atoms with Gasteiger partial charge in [-0.1, -0.05) is 35.3 Å². The average Bonchev–Trinajstić information content (AvgIpc) is 2.38. The topological polar surface area (TPSA) is 33.0 Å². The van der Waals surface area contributed by atoms with Crippen molar-refractivity contribution in [2.75, 3.05) is 0 Å². The molecule has 19 heavy (non-hydrogen) atoms. The fourth-order valence-corrected chi connectivity index (χ4v) is 2.06. The van der Waals surface area contributed by atoms with E-state index < -0.39 is 5.82 Å². The molecule has 96 valence electrons. The molecule has 2 aromatic carbocycles. The van der Waals surface area contributed by atoms with Crippen LogP contribution in [0.4, 0.5) is 4.39 Å². The lowest BCUT2D eigenvalue weighted by Crippen LogP contribution is -2.00. The van der Waals surface area contributed by atoms with Crippen LogP contribution in [0.2, 0.25) is 10.0 Å². The monoisotopic (exact) mass is 295 g/mol. The molecule has 0 aromatic heterocycles. The first-order valence-corrected chi connectivity index (χ1v) is 6.13. The Morgan fingerprint density at radius 2 is 1.74 bits per heavy atom. The summed E-state index contributed by atoms with van der Waals surface area (Å²) < 4.78 is 18.8. The first-order valence-electron chi connectivity index (χ1n) is 5.37. The zero-order valence-corrected chi connectivity index (χ0v) is 11.2.